The quantitative estimate of drug-likeness (QED) is 0.647. The van der Waals surface area contributed by atoms with Crippen LogP contribution in [0, 0.1) is 11.8 Å². The number of aromatic nitrogens is 2. The van der Waals surface area contributed by atoms with Gasteiger partial charge in [0.05, 0.1) is 11.8 Å². The number of rotatable bonds is 7. The normalized spacial score (nSPS) is 23.5. The van der Waals surface area contributed by atoms with Crippen molar-refractivity contribution in [2.45, 2.75) is 56.8 Å². The zero-order valence-corrected chi connectivity index (χ0v) is 17.9. The first-order valence-corrected chi connectivity index (χ1v) is 10.9. The molecule has 1 aliphatic carbocycles. The Morgan fingerprint density at radius 3 is 2.55 bits per heavy atom. The van der Waals surface area contributed by atoms with Crippen LogP contribution in [0.2, 0.25) is 0 Å². The van der Waals surface area contributed by atoms with E-state index >= 15 is 0 Å². The molecule has 1 saturated carbocycles. The Hall–Kier alpha value is -1.65. The molecule has 1 aromatic heterocycles. The van der Waals surface area contributed by atoms with Gasteiger partial charge in [-0.15, -0.1) is 0 Å². The van der Waals surface area contributed by atoms with Crippen molar-refractivity contribution in [1.29, 1.82) is 0 Å². The lowest BCUT2D eigenvalue weighted by Gasteiger charge is -2.42. The molecule has 1 aromatic rings. The third-order valence-electron chi connectivity index (χ3n) is 6.37. The fraction of sp³-hybridized carbons (Fsp3) is 0.810. The maximum absolute atomic E-state index is 10.6. The Labute approximate surface area is 180 Å². The Balaban J connectivity index is 0.000000339. The molecule has 3 heterocycles. The summed E-state index contributed by atoms with van der Waals surface area (Å²) in [5.74, 6) is -1.20. The van der Waals surface area contributed by atoms with Crippen LogP contribution >= 0.6 is 0 Å². The summed E-state index contributed by atoms with van der Waals surface area (Å²) in [6.07, 6.45) is 6.51. The van der Waals surface area contributed by atoms with E-state index in [-0.39, 0.29) is 5.60 Å². The zero-order chi connectivity index (χ0) is 22.5. The molecular formula is C21H32F3N3O4. The molecular weight excluding hydrogens is 415 g/mol. The molecule has 4 rings (SSSR count). The predicted molar refractivity (Wildman–Crippen MR) is 106 cm³/mol. The predicted octanol–water partition coefficient (Wildman–Crippen LogP) is 3.24. The van der Waals surface area contributed by atoms with Gasteiger partial charge in [0.15, 0.2) is 0 Å². The average molecular weight is 447 g/mol. The third-order valence-corrected chi connectivity index (χ3v) is 6.37. The lowest BCUT2D eigenvalue weighted by molar-refractivity contribution is -0.192. The van der Waals surface area contributed by atoms with E-state index in [0.717, 1.165) is 45.4 Å². The van der Waals surface area contributed by atoms with Crippen molar-refractivity contribution in [2.24, 2.45) is 18.9 Å². The number of aryl methyl sites for hydroxylation is 1. The summed E-state index contributed by atoms with van der Waals surface area (Å²) in [6.45, 7) is 6.13. The topological polar surface area (TPSA) is 76.8 Å². The summed E-state index contributed by atoms with van der Waals surface area (Å²) in [4.78, 5) is 11.4. The number of hydrogen-bond donors (Lipinski definition) is 1. The van der Waals surface area contributed by atoms with Crippen LogP contribution in [0.25, 0.3) is 0 Å². The van der Waals surface area contributed by atoms with E-state index in [1.54, 1.807) is 0 Å². The van der Waals surface area contributed by atoms with Gasteiger partial charge in [0.1, 0.15) is 0 Å². The number of carboxylic acids is 1. The lowest BCUT2D eigenvalue weighted by Crippen LogP contribution is -2.47. The van der Waals surface area contributed by atoms with Crippen LogP contribution in [-0.4, -0.2) is 70.4 Å². The number of aliphatic carboxylic acids is 1. The number of nitrogens with zero attached hydrogens (tertiary/aromatic N) is 3. The van der Waals surface area contributed by atoms with Gasteiger partial charge in [-0.3, -0.25) is 9.58 Å². The van der Waals surface area contributed by atoms with Crippen molar-refractivity contribution >= 4 is 5.97 Å². The molecule has 1 spiro atoms. The molecule has 7 nitrogen and oxygen atoms in total. The van der Waals surface area contributed by atoms with Crippen molar-refractivity contribution < 1.29 is 32.5 Å². The fourth-order valence-electron chi connectivity index (χ4n) is 4.41. The lowest BCUT2D eigenvalue weighted by atomic mass is 9.78. The SMILES string of the molecule is Cn1cc(CN2CCC3(CC2)OCCC3CCOCC2CC2)cn1.O=C(O)C(F)(F)F. The van der Waals surface area contributed by atoms with Gasteiger partial charge in [0.25, 0.3) is 0 Å². The third kappa shape index (κ3) is 7.18. The molecule has 1 unspecified atom stereocenters. The minimum absolute atomic E-state index is 0.133. The standard InChI is InChI=1S/C19H31N3O2.C2HF3O2/c1-21-13-17(12-20-21)14-22-8-6-19(7-9-22)18(5-11-24-19)4-10-23-15-16-2-3-16;3-2(4,5)1(6)7/h12-13,16,18H,2-11,14-15H2,1H3;(H,6,7). The van der Waals surface area contributed by atoms with Crippen LogP contribution in [0.4, 0.5) is 13.2 Å². The highest BCUT2D eigenvalue weighted by Crippen LogP contribution is 2.42. The van der Waals surface area contributed by atoms with Gasteiger partial charge >= 0.3 is 12.1 Å². The summed E-state index contributed by atoms with van der Waals surface area (Å²) in [7, 11) is 1.98. The van der Waals surface area contributed by atoms with E-state index in [0.29, 0.717) is 5.92 Å². The summed E-state index contributed by atoms with van der Waals surface area (Å²) in [5.41, 5.74) is 1.44. The first kappa shape index (κ1) is 24.0. The number of ether oxygens (including phenoxy) is 2. The molecule has 1 atom stereocenters. The maximum atomic E-state index is 10.6. The number of piperidine rings is 1. The summed E-state index contributed by atoms with van der Waals surface area (Å²) >= 11 is 0. The van der Waals surface area contributed by atoms with Gasteiger partial charge in [-0.2, -0.15) is 18.3 Å². The van der Waals surface area contributed by atoms with Crippen molar-refractivity contribution in [2.75, 3.05) is 32.9 Å². The highest BCUT2D eigenvalue weighted by atomic mass is 19.4. The maximum Gasteiger partial charge on any atom is 0.490 e. The smallest absolute Gasteiger partial charge is 0.475 e. The Bertz CT molecular complexity index is 713. The number of carbonyl (C=O) groups is 1. The van der Waals surface area contributed by atoms with Crippen molar-refractivity contribution in [1.82, 2.24) is 14.7 Å². The number of alkyl halides is 3. The molecule has 176 valence electrons. The van der Waals surface area contributed by atoms with Crippen LogP contribution in [0.15, 0.2) is 12.4 Å². The fourth-order valence-corrected chi connectivity index (χ4v) is 4.41. The minimum atomic E-state index is -5.08. The van der Waals surface area contributed by atoms with E-state index in [4.69, 9.17) is 19.4 Å². The largest absolute Gasteiger partial charge is 0.490 e. The van der Waals surface area contributed by atoms with Gasteiger partial charge in [-0.05, 0) is 50.4 Å². The Morgan fingerprint density at radius 1 is 1.32 bits per heavy atom. The molecule has 3 aliphatic rings. The monoisotopic (exact) mass is 447 g/mol. The highest BCUT2D eigenvalue weighted by molar-refractivity contribution is 5.73. The number of halogens is 3. The summed E-state index contributed by atoms with van der Waals surface area (Å²) in [5, 5.41) is 11.4. The van der Waals surface area contributed by atoms with Crippen LogP contribution in [-0.2, 0) is 27.9 Å². The van der Waals surface area contributed by atoms with Crippen molar-refractivity contribution in [3.63, 3.8) is 0 Å². The van der Waals surface area contributed by atoms with Crippen molar-refractivity contribution in [3.05, 3.63) is 18.0 Å². The Morgan fingerprint density at radius 2 is 2.00 bits per heavy atom. The molecule has 1 N–H and O–H groups in total. The van der Waals surface area contributed by atoms with Crippen LogP contribution in [0.1, 0.15) is 44.1 Å². The first-order chi connectivity index (χ1) is 14.7. The average Bonchev–Trinajstić information content (AvgIpc) is 3.33. The van der Waals surface area contributed by atoms with E-state index in [2.05, 4.69) is 16.2 Å². The number of carboxylic acid groups (broad SMARTS) is 1. The van der Waals surface area contributed by atoms with E-state index in [1.165, 1.54) is 44.1 Å². The van der Waals surface area contributed by atoms with Crippen LogP contribution in [0.5, 0.6) is 0 Å². The van der Waals surface area contributed by atoms with Gasteiger partial charge in [0.2, 0.25) is 0 Å². The minimum Gasteiger partial charge on any atom is -0.475 e. The summed E-state index contributed by atoms with van der Waals surface area (Å²) < 4.78 is 45.8. The molecule has 2 saturated heterocycles. The van der Waals surface area contributed by atoms with Gasteiger partial charge in [-0.25, -0.2) is 4.79 Å². The number of hydrogen-bond acceptors (Lipinski definition) is 5. The first-order valence-electron chi connectivity index (χ1n) is 10.9. The van der Waals surface area contributed by atoms with E-state index < -0.39 is 12.1 Å². The molecule has 31 heavy (non-hydrogen) atoms. The Kier molecular flexibility index (Phi) is 7.98. The van der Waals surface area contributed by atoms with Gasteiger partial charge in [0, 0.05) is 58.3 Å². The molecule has 0 bridgehead atoms. The summed E-state index contributed by atoms with van der Waals surface area (Å²) in [6, 6.07) is 0. The second-order valence-electron chi connectivity index (χ2n) is 8.81. The molecule has 0 amide bonds. The van der Waals surface area contributed by atoms with Crippen LogP contribution in [0.3, 0.4) is 0 Å². The van der Waals surface area contributed by atoms with E-state index in [9.17, 15) is 13.2 Å². The van der Waals surface area contributed by atoms with Crippen molar-refractivity contribution in [3.8, 4) is 0 Å². The zero-order valence-electron chi connectivity index (χ0n) is 17.9. The van der Waals surface area contributed by atoms with Crippen LogP contribution < -0.4 is 0 Å². The molecule has 2 aliphatic heterocycles. The highest BCUT2D eigenvalue weighted by Gasteiger charge is 2.45. The second kappa shape index (κ2) is 10.3. The molecule has 3 fully saturated rings. The van der Waals surface area contributed by atoms with Gasteiger partial charge < -0.3 is 14.6 Å². The van der Waals surface area contributed by atoms with Gasteiger partial charge in [-0.1, -0.05) is 0 Å². The molecule has 0 aromatic carbocycles. The molecule has 0 radical (unpaired) electrons. The number of likely N-dealkylation sites (tertiary alicyclic amines) is 1. The van der Waals surface area contributed by atoms with E-state index in [1.807, 2.05) is 17.9 Å². The molecule has 10 heteroatoms. The second-order valence-corrected chi connectivity index (χ2v) is 8.81.